The molecular formula is C22H19F2KN4O5S. The van der Waals surface area contributed by atoms with E-state index in [1.807, 2.05) is 9.44 Å². The number of anilines is 1. The topological polar surface area (TPSA) is 123 Å². The molecule has 0 spiro atoms. The third-order valence-corrected chi connectivity index (χ3v) is 5.96. The summed E-state index contributed by atoms with van der Waals surface area (Å²) in [5, 5.41) is 0.311. The molecule has 0 unspecified atom stereocenters. The molecule has 0 fully saturated rings. The van der Waals surface area contributed by atoms with Gasteiger partial charge in [-0.05, 0) is 29.8 Å². The Morgan fingerprint density at radius 3 is 2.51 bits per heavy atom. The van der Waals surface area contributed by atoms with Crippen LogP contribution in [0.5, 0.6) is 11.8 Å². The van der Waals surface area contributed by atoms with Gasteiger partial charge in [-0.15, -0.1) is 0 Å². The first-order chi connectivity index (χ1) is 16.3. The number of fused-ring (bicyclic) bond motifs is 1. The van der Waals surface area contributed by atoms with Crippen molar-refractivity contribution in [3.63, 3.8) is 0 Å². The van der Waals surface area contributed by atoms with Crippen LogP contribution in [0.4, 0.5) is 14.5 Å². The van der Waals surface area contributed by atoms with Crippen molar-refractivity contribution in [1.82, 2.24) is 14.7 Å². The Morgan fingerprint density at radius 1 is 1.09 bits per heavy atom. The summed E-state index contributed by atoms with van der Waals surface area (Å²) in [6, 6.07) is 10.2. The second kappa shape index (κ2) is 11.6. The number of nitrogens with one attached hydrogen (secondary N) is 2. The molecule has 0 aliphatic rings. The number of hydrogen-bond acceptors (Lipinski definition) is 7. The van der Waals surface area contributed by atoms with Gasteiger partial charge in [0.15, 0.2) is 5.82 Å². The summed E-state index contributed by atoms with van der Waals surface area (Å²) in [5.74, 6) is -0.618. The molecule has 4 rings (SSSR count). The van der Waals surface area contributed by atoms with Gasteiger partial charge in [-0.1, -0.05) is 12.1 Å². The molecule has 0 amide bonds. The zero-order valence-electron chi connectivity index (χ0n) is 17.7. The van der Waals surface area contributed by atoms with Gasteiger partial charge in [0.1, 0.15) is 18.0 Å². The van der Waals surface area contributed by atoms with Gasteiger partial charge >= 0.3 is 63.0 Å². The van der Waals surface area contributed by atoms with E-state index in [-0.39, 0.29) is 97.5 Å². The summed E-state index contributed by atoms with van der Waals surface area (Å²) in [6.07, 6.45) is 2.68. The van der Waals surface area contributed by atoms with Crippen molar-refractivity contribution in [2.24, 2.45) is 0 Å². The zero-order valence-corrected chi connectivity index (χ0v) is 18.5. The molecule has 0 saturated heterocycles. The zero-order chi connectivity index (χ0) is 24.3. The molecule has 4 aromatic rings. The van der Waals surface area contributed by atoms with E-state index in [9.17, 15) is 22.0 Å². The van der Waals surface area contributed by atoms with Crippen LogP contribution in [0.2, 0.25) is 0 Å². The Labute approximate surface area is 241 Å². The van der Waals surface area contributed by atoms with Crippen LogP contribution in [-0.4, -0.2) is 76.8 Å². The first-order valence-corrected chi connectivity index (χ1v) is 11.4. The van der Waals surface area contributed by atoms with Crippen molar-refractivity contribution < 1.29 is 26.4 Å². The van der Waals surface area contributed by atoms with Crippen LogP contribution in [0.15, 0.2) is 64.1 Å². The van der Waals surface area contributed by atoms with Crippen molar-refractivity contribution >= 4 is 78.3 Å². The Hall–Kier alpha value is -2.26. The van der Waals surface area contributed by atoms with E-state index in [1.54, 1.807) is 6.07 Å². The fourth-order valence-electron chi connectivity index (χ4n) is 3.30. The first-order valence-electron chi connectivity index (χ1n) is 9.89. The molecular weight excluding hydrogens is 509 g/mol. The van der Waals surface area contributed by atoms with Gasteiger partial charge in [0.2, 0.25) is 0 Å². The Kier molecular flexibility index (Phi) is 9.09. The number of nitrogens with zero attached hydrogens (tertiary/aromatic N) is 2. The molecule has 2 aromatic carbocycles. The standard InChI is InChI=1S/C22H18F2N4O5S.K.H/c1-25-34(30,31)28-18-5-2-4-13(20(18)24)10-16-17(12-23)15-7-6-14(11-19(15)33-21(16)29)32-22-26-8-3-9-27-22;;/h2-9,11,25,28H,10,12H2,1H3;;. The molecule has 2 aromatic heterocycles. The number of alkyl halides is 1. The maximum atomic E-state index is 15.0. The van der Waals surface area contributed by atoms with Crippen molar-refractivity contribution in [3.8, 4) is 11.8 Å². The van der Waals surface area contributed by atoms with E-state index < -0.39 is 28.3 Å². The Morgan fingerprint density at radius 2 is 1.83 bits per heavy atom. The molecule has 0 aliphatic heterocycles. The molecule has 178 valence electrons. The van der Waals surface area contributed by atoms with Crippen LogP contribution in [-0.2, 0) is 23.3 Å². The molecule has 13 heteroatoms. The van der Waals surface area contributed by atoms with Crippen LogP contribution >= 0.6 is 0 Å². The van der Waals surface area contributed by atoms with Gasteiger partial charge in [0.25, 0.3) is 10.2 Å². The van der Waals surface area contributed by atoms with Crippen LogP contribution in [0.1, 0.15) is 16.7 Å². The molecule has 0 atom stereocenters. The summed E-state index contributed by atoms with van der Waals surface area (Å²) in [7, 11) is -2.79. The van der Waals surface area contributed by atoms with Gasteiger partial charge in [0.05, 0.1) is 5.69 Å². The molecule has 2 heterocycles. The quantitative estimate of drug-likeness (QED) is 0.266. The SMILES string of the molecule is CNS(=O)(=O)Nc1cccc(Cc2c(CF)c3ccc(Oc4ncccn4)cc3oc2=O)c1F.[KH]. The molecule has 0 aliphatic carbocycles. The number of halogens is 2. The average molecular weight is 529 g/mol. The van der Waals surface area contributed by atoms with Crippen LogP contribution in [0.25, 0.3) is 11.0 Å². The normalized spacial score (nSPS) is 11.2. The summed E-state index contributed by atoms with van der Waals surface area (Å²) in [4.78, 5) is 20.6. The molecule has 35 heavy (non-hydrogen) atoms. The van der Waals surface area contributed by atoms with Crippen molar-refractivity contribution in [2.45, 2.75) is 13.1 Å². The van der Waals surface area contributed by atoms with E-state index in [1.165, 1.54) is 55.8 Å². The predicted octanol–water partition coefficient (Wildman–Crippen LogP) is 2.80. The molecule has 0 bridgehead atoms. The Balaban J connectivity index is 0.00000342. The maximum absolute atomic E-state index is 15.0. The van der Waals surface area contributed by atoms with E-state index >= 15 is 0 Å². The number of rotatable bonds is 8. The summed E-state index contributed by atoms with van der Waals surface area (Å²) >= 11 is 0. The molecule has 2 N–H and O–H groups in total. The summed E-state index contributed by atoms with van der Waals surface area (Å²) in [6.45, 7) is -1.01. The number of hydrogen-bond donors (Lipinski definition) is 2. The van der Waals surface area contributed by atoms with E-state index in [4.69, 9.17) is 9.15 Å². The first kappa shape index (κ1) is 27.3. The fraction of sp³-hybridized carbons (Fsp3) is 0.136. The Bertz CT molecular complexity index is 1520. The van der Waals surface area contributed by atoms with Crippen molar-refractivity contribution in [3.05, 3.63) is 87.8 Å². The second-order valence-corrected chi connectivity index (χ2v) is 8.66. The second-order valence-electron chi connectivity index (χ2n) is 7.04. The van der Waals surface area contributed by atoms with Gasteiger partial charge in [-0.2, -0.15) is 8.42 Å². The monoisotopic (exact) mass is 528 g/mol. The van der Waals surface area contributed by atoms with Gasteiger partial charge in [-0.25, -0.2) is 28.3 Å². The fourth-order valence-corrected chi connectivity index (χ4v) is 3.85. The van der Waals surface area contributed by atoms with Crippen LogP contribution in [0.3, 0.4) is 0 Å². The van der Waals surface area contributed by atoms with Gasteiger partial charge in [-0.3, -0.25) is 4.72 Å². The third kappa shape index (κ3) is 6.30. The van der Waals surface area contributed by atoms with Crippen LogP contribution < -0.4 is 19.8 Å². The van der Waals surface area contributed by atoms with Crippen molar-refractivity contribution in [1.29, 1.82) is 0 Å². The van der Waals surface area contributed by atoms with Crippen LogP contribution in [0, 0.1) is 5.82 Å². The molecule has 0 radical (unpaired) electrons. The number of benzene rings is 2. The number of ether oxygens (including phenoxy) is 1. The minimum absolute atomic E-state index is 0. The third-order valence-electron chi connectivity index (χ3n) is 4.94. The summed E-state index contributed by atoms with van der Waals surface area (Å²) < 4.78 is 67.4. The number of aromatic nitrogens is 2. The van der Waals surface area contributed by atoms with Gasteiger partial charge < -0.3 is 9.15 Å². The average Bonchev–Trinajstić information content (AvgIpc) is 2.82. The minimum atomic E-state index is -3.96. The summed E-state index contributed by atoms with van der Waals surface area (Å²) in [5.41, 5.74) is -1.15. The van der Waals surface area contributed by atoms with E-state index in [0.29, 0.717) is 5.39 Å². The van der Waals surface area contributed by atoms with Gasteiger partial charge in [0, 0.05) is 48.4 Å². The molecule has 0 saturated carbocycles. The predicted molar refractivity (Wildman–Crippen MR) is 127 cm³/mol. The molecule has 9 nitrogen and oxygen atoms in total. The van der Waals surface area contributed by atoms with E-state index in [2.05, 4.69) is 9.97 Å². The van der Waals surface area contributed by atoms with E-state index in [0.717, 1.165) is 0 Å². The van der Waals surface area contributed by atoms with Crippen molar-refractivity contribution in [2.75, 3.05) is 11.8 Å².